The molecule has 22 heavy (non-hydrogen) atoms. The standard InChI is InChI=1S/2C2H7N.6C2H6.4CH4/c2*1-2-3;6*1-2;;;;/h2*2-3H2,1H3;6*1-2H3;4*1H4. The first-order valence-electron chi connectivity index (χ1n) is 8.23. The summed E-state index contributed by atoms with van der Waals surface area (Å²) >= 11 is 0. The van der Waals surface area contributed by atoms with Gasteiger partial charge in [-0.15, -0.1) is 0 Å². The topological polar surface area (TPSA) is 52.0 Å². The van der Waals surface area contributed by atoms with Crippen LogP contribution in [0.4, 0.5) is 0 Å². The van der Waals surface area contributed by atoms with E-state index in [1.54, 1.807) is 0 Å². The van der Waals surface area contributed by atoms with E-state index in [1.807, 2.05) is 96.9 Å². The normalized spacial score (nSPS) is 3.27. The molecule has 0 aliphatic heterocycles. The van der Waals surface area contributed by atoms with Crippen LogP contribution in [-0.4, -0.2) is 13.1 Å². The summed E-state index contributed by atoms with van der Waals surface area (Å²) < 4.78 is 0. The summed E-state index contributed by atoms with van der Waals surface area (Å²) in [4.78, 5) is 0. The molecule has 0 radical (unpaired) electrons. The van der Waals surface area contributed by atoms with E-state index in [9.17, 15) is 0 Å². The van der Waals surface area contributed by atoms with Gasteiger partial charge in [-0.1, -0.05) is 127 Å². The molecule has 0 saturated carbocycles. The van der Waals surface area contributed by atoms with Gasteiger partial charge in [0.25, 0.3) is 0 Å². The lowest BCUT2D eigenvalue weighted by molar-refractivity contribution is 1.14. The van der Waals surface area contributed by atoms with Crippen LogP contribution in [0.25, 0.3) is 0 Å². The third-order valence-corrected chi connectivity index (χ3v) is 0. The molecular weight excluding hydrogens is 268 g/mol. The molecule has 0 aliphatic rings. The second-order valence-corrected chi connectivity index (χ2v) is 0.816. The maximum absolute atomic E-state index is 4.85. The molecule has 0 aromatic heterocycles. The highest BCUT2D eigenvalue weighted by atomic mass is 14.5. The number of rotatable bonds is 0. The van der Waals surface area contributed by atoms with E-state index in [0.717, 1.165) is 13.1 Å². The summed E-state index contributed by atoms with van der Waals surface area (Å²) in [5, 5.41) is 0. The Morgan fingerprint density at radius 3 is 0.364 bits per heavy atom. The average Bonchev–Trinajstić information content (AvgIpc) is 2.52. The molecule has 0 atom stereocenters. The van der Waals surface area contributed by atoms with E-state index in [-0.39, 0.29) is 29.7 Å². The van der Waals surface area contributed by atoms with Crippen molar-refractivity contribution in [1.82, 2.24) is 0 Å². The van der Waals surface area contributed by atoms with Crippen molar-refractivity contribution in [2.45, 2.75) is 127 Å². The Morgan fingerprint density at radius 1 is 0.364 bits per heavy atom. The molecule has 2 heteroatoms. The van der Waals surface area contributed by atoms with Crippen molar-refractivity contribution in [3.63, 3.8) is 0 Å². The number of hydrogen-bond acceptors (Lipinski definition) is 2. The Labute approximate surface area is 151 Å². The Bertz CT molecular complexity index is 11.7. The predicted molar refractivity (Wildman–Crippen MR) is 124 cm³/mol. The van der Waals surface area contributed by atoms with Gasteiger partial charge in [0.2, 0.25) is 0 Å². The van der Waals surface area contributed by atoms with Crippen molar-refractivity contribution >= 4 is 0 Å². The van der Waals surface area contributed by atoms with Gasteiger partial charge in [-0.25, -0.2) is 0 Å². The highest BCUT2D eigenvalue weighted by Crippen LogP contribution is 1.20. The van der Waals surface area contributed by atoms with E-state index in [1.165, 1.54) is 0 Å². The Kier molecular flexibility index (Phi) is 9980. The molecule has 0 unspecified atom stereocenters. The van der Waals surface area contributed by atoms with Gasteiger partial charge in [0.05, 0.1) is 0 Å². The van der Waals surface area contributed by atoms with Crippen molar-refractivity contribution in [3.8, 4) is 0 Å². The lowest BCUT2D eigenvalue weighted by Crippen LogP contribution is -1.87. The smallest absolute Gasteiger partial charge is 0.0106 e. The average molecular weight is 335 g/mol. The number of nitrogens with two attached hydrogens (primary N) is 2. The quantitative estimate of drug-likeness (QED) is 0.465. The largest absolute Gasteiger partial charge is 0.331 e. The maximum Gasteiger partial charge on any atom is -0.0106 e. The van der Waals surface area contributed by atoms with Crippen LogP contribution in [0, 0.1) is 0 Å². The monoisotopic (exact) mass is 335 g/mol. The van der Waals surface area contributed by atoms with E-state index in [4.69, 9.17) is 11.5 Å². The second kappa shape index (κ2) is 2250. The van der Waals surface area contributed by atoms with Gasteiger partial charge in [-0.05, 0) is 13.1 Å². The fourth-order valence-corrected chi connectivity index (χ4v) is 0. The lowest BCUT2D eigenvalue weighted by Gasteiger charge is -1.53. The summed E-state index contributed by atoms with van der Waals surface area (Å²) in [7, 11) is 0. The zero-order chi connectivity index (χ0) is 17.4. The van der Waals surface area contributed by atoms with Gasteiger partial charge < -0.3 is 11.5 Å². The van der Waals surface area contributed by atoms with Crippen molar-refractivity contribution in [2.24, 2.45) is 11.5 Å². The second-order valence-electron chi connectivity index (χ2n) is 0.816. The molecule has 0 saturated heterocycles. The van der Waals surface area contributed by atoms with Crippen LogP contribution < -0.4 is 11.5 Å². The van der Waals surface area contributed by atoms with E-state index >= 15 is 0 Å². The summed E-state index contributed by atoms with van der Waals surface area (Å²) in [6.07, 6.45) is 0. The van der Waals surface area contributed by atoms with Crippen LogP contribution in [-0.2, 0) is 0 Å². The fraction of sp³-hybridized carbons (Fsp3) is 1.00. The third-order valence-electron chi connectivity index (χ3n) is 0. The number of hydrogen-bond donors (Lipinski definition) is 2. The highest BCUT2D eigenvalue weighted by molar-refractivity contribution is 4.00. The summed E-state index contributed by atoms with van der Waals surface area (Å²) in [6, 6.07) is 0. The first kappa shape index (κ1) is 97.5. The minimum atomic E-state index is 0. The zero-order valence-electron chi connectivity index (χ0n) is 16.6. The Balaban J connectivity index is -0.00000000511. The Morgan fingerprint density at radius 2 is 0.364 bits per heavy atom. The molecule has 0 aliphatic carbocycles. The van der Waals surface area contributed by atoms with Gasteiger partial charge in [0.15, 0.2) is 0 Å². The van der Waals surface area contributed by atoms with Gasteiger partial charge in [0.1, 0.15) is 0 Å². The third kappa shape index (κ3) is 1110000. The van der Waals surface area contributed by atoms with E-state index in [2.05, 4.69) is 0 Å². The van der Waals surface area contributed by atoms with Crippen LogP contribution in [0.2, 0.25) is 0 Å². The van der Waals surface area contributed by atoms with Crippen LogP contribution in [0.1, 0.15) is 127 Å². The minimum absolute atomic E-state index is 0. The highest BCUT2D eigenvalue weighted by Gasteiger charge is 1.33. The predicted octanol–water partition coefficient (Wildman–Crippen LogP) is 8.63. The molecule has 0 aromatic rings. The minimum Gasteiger partial charge on any atom is -0.331 e. The maximum atomic E-state index is 4.85. The zero-order valence-corrected chi connectivity index (χ0v) is 16.6. The van der Waals surface area contributed by atoms with Crippen LogP contribution in [0.3, 0.4) is 0 Å². The molecule has 0 rings (SSSR count). The molecule has 0 heterocycles. The molecule has 0 amide bonds. The van der Waals surface area contributed by atoms with Gasteiger partial charge >= 0.3 is 0 Å². The van der Waals surface area contributed by atoms with Crippen LogP contribution >= 0.6 is 0 Å². The van der Waals surface area contributed by atoms with Gasteiger partial charge in [0, 0.05) is 0 Å². The van der Waals surface area contributed by atoms with Crippen LogP contribution in [0.5, 0.6) is 0 Å². The van der Waals surface area contributed by atoms with Crippen LogP contribution in [0.15, 0.2) is 0 Å². The van der Waals surface area contributed by atoms with Gasteiger partial charge in [-0.2, -0.15) is 0 Å². The molecule has 0 aromatic carbocycles. The van der Waals surface area contributed by atoms with E-state index < -0.39 is 0 Å². The van der Waals surface area contributed by atoms with E-state index in [0.29, 0.717) is 0 Å². The molecule has 0 bridgehead atoms. The SMILES string of the molecule is C.C.C.C.CC.CC.CC.CC.CC.CC.CCN.CCN. The molecule has 0 fully saturated rings. The molecule has 4 N–H and O–H groups in total. The van der Waals surface area contributed by atoms with Crippen molar-refractivity contribution < 1.29 is 0 Å². The molecule has 0 spiro atoms. The first-order chi connectivity index (χ1) is 8.83. The first-order valence-corrected chi connectivity index (χ1v) is 8.23. The molecule has 156 valence electrons. The fourth-order valence-electron chi connectivity index (χ4n) is 0. The van der Waals surface area contributed by atoms with Gasteiger partial charge in [-0.3, -0.25) is 0 Å². The van der Waals surface area contributed by atoms with Crippen molar-refractivity contribution in [2.75, 3.05) is 13.1 Å². The summed E-state index contributed by atoms with van der Waals surface area (Å²) in [5.74, 6) is 0. The van der Waals surface area contributed by atoms with Crippen molar-refractivity contribution in [1.29, 1.82) is 0 Å². The lowest BCUT2D eigenvalue weighted by atomic mass is 10.8. The molecule has 2 nitrogen and oxygen atoms in total. The molecular formula is C20H66N2. The van der Waals surface area contributed by atoms with Crippen molar-refractivity contribution in [3.05, 3.63) is 0 Å². The summed E-state index contributed by atoms with van der Waals surface area (Å²) in [6.45, 7) is 29.3. The Hall–Kier alpha value is -0.0800. The summed E-state index contributed by atoms with van der Waals surface area (Å²) in [5.41, 5.74) is 9.69.